The normalized spacial score (nSPS) is 31.1. The van der Waals surface area contributed by atoms with Crippen LogP contribution < -0.4 is 62.9 Å². The minimum absolute atomic E-state index is 0.333. The minimum atomic E-state index is -5.08. The molecule has 0 aliphatic carbocycles. The first-order valence-electron chi connectivity index (χ1n) is 37.8. The van der Waals surface area contributed by atoms with Crippen molar-refractivity contribution in [3.63, 3.8) is 0 Å². The minimum Gasteiger partial charge on any atom is -0.508 e. The summed E-state index contributed by atoms with van der Waals surface area (Å²) in [5, 5.41) is 135. The summed E-state index contributed by atoms with van der Waals surface area (Å²) in [5.74, 6) is -27.3. The Labute approximate surface area is 636 Å². The summed E-state index contributed by atoms with van der Waals surface area (Å²) < 4.78 is 169. The van der Waals surface area contributed by atoms with Crippen molar-refractivity contribution in [1.82, 2.24) is 37.2 Å². The van der Waals surface area contributed by atoms with Crippen molar-refractivity contribution in [2.75, 3.05) is 13.6 Å². The quantitative estimate of drug-likeness (QED) is 0.0773. The Kier molecular flexibility index (Phi) is 20.4. The molecule has 0 radical (unpaired) electrons. The van der Waals surface area contributed by atoms with Crippen molar-refractivity contribution in [2.45, 2.75) is 162 Å². The van der Waals surface area contributed by atoms with Crippen molar-refractivity contribution in [3.8, 4) is 57.1 Å². The molecule has 40 heteroatoms. The number of phenolic OH excluding ortho intramolecular Hbond substituents is 3. The number of primary amides is 1. The highest BCUT2D eigenvalue weighted by Gasteiger charge is 2.52. The molecule has 5 aromatic rings. The van der Waals surface area contributed by atoms with Crippen LogP contribution in [0.25, 0.3) is 11.1 Å². The zero-order chi connectivity index (χ0) is 89.8. The van der Waals surface area contributed by atoms with Crippen molar-refractivity contribution in [1.29, 1.82) is 0 Å². The fourth-order valence-electron chi connectivity index (χ4n) is 11.9. The fourth-order valence-corrected chi connectivity index (χ4v) is 12.4. The van der Waals surface area contributed by atoms with E-state index in [1.807, 2.05) is 5.32 Å². The standard InChI is InChI=1S/C66H75Cl2N9O24.C2HF3O2/c1-23(2)12-34(71-5)58(88)76-49-51(83)26-7-10-38(32(67)14-26)97-40-16-28-17-41(55(40)101-65-56(54(86)53(85)42(22-78)99-65)100-44-21-66(4,70)57(87)24(3)96-44)98-39-11-8-27(15-33(39)68)52(84)50-63(93)75-48(64(94)95)31-18-29(79)19-37(81)45(31)30-13-25(6-9-36(30)80)46(60(90)77-50)74-61(91)47(28)73-59(89)35(20-43(69)82)72-62(49)92;3-2(4,5)1(6)7/h6-11,13-19,23-24,34-35,42,44,46-54,56-57,65,71,78-81,83-87H,12,20-22,70H2,1-5H3,(H2,69,82)(H,72,92)(H,73,89)(H,74,91)(H,75,93)(H,76,88)(H,77,90)(H,94,95);(H,6,7)/t24-,34?,35-,42+,44-,46+,47+,48?,49+,50-,51+,52+,53+,54-,56+,57+,65-,66-;/m0./s1/i1D2,2D3,5D3,12D2,23D,34D;/t23?,24-,34?,35-,42+,44-,46+,47+,48?,49+,50-,51+,52+,53+,54-,56+,57+,65-,66-;. The number of fused-ring (bicyclic) bond motifs is 15. The molecule has 7 heterocycles. The van der Waals surface area contributed by atoms with E-state index in [1.165, 1.54) is 19.2 Å². The maximum atomic E-state index is 16.1. The fraction of sp³-hybridized carbons (Fsp3) is 0.426. The number of carbonyl (C=O) groups excluding carboxylic acids is 7. The number of rotatable bonds is 13. The van der Waals surface area contributed by atoms with E-state index < -0.39 is 304 Å². The van der Waals surface area contributed by atoms with E-state index in [1.54, 1.807) is 5.32 Å². The Morgan fingerprint density at radius 1 is 0.759 bits per heavy atom. The number of aliphatic hydroxyl groups is 6. The van der Waals surface area contributed by atoms with Crippen LogP contribution in [-0.2, 0) is 57.4 Å². The number of nitrogens with two attached hydrogens (primary N) is 2. The van der Waals surface area contributed by atoms with Crippen LogP contribution in [0.3, 0.4) is 0 Å². The maximum Gasteiger partial charge on any atom is 0.490 e. The maximum absolute atomic E-state index is 16.1. The Hall–Kier alpha value is -9.94. The van der Waals surface area contributed by atoms with E-state index in [4.69, 9.17) is 88.1 Å². The van der Waals surface area contributed by atoms with Crippen LogP contribution in [0, 0.1) is 5.89 Å². The Balaban J connectivity index is 0.00000224. The molecule has 584 valence electrons. The van der Waals surface area contributed by atoms with Crippen LogP contribution in [0.4, 0.5) is 13.2 Å². The molecule has 2 saturated heterocycles. The number of ether oxygens (including phenoxy) is 6. The number of halogens is 5. The molecule has 0 aromatic heterocycles. The molecule has 7 aliphatic rings. The number of aromatic hydroxyl groups is 3. The lowest BCUT2D eigenvalue weighted by Crippen LogP contribution is -2.64. The predicted octanol–water partition coefficient (Wildman–Crippen LogP) is 0.740. The molecule has 2 fully saturated rings. The van der Waals surface area contributed by atoms with Crippen molar-refractivity contribution in [2.24, 2.45) is 17.4 Å². The highest BCUT2D eigenvalue weighted by atomic mass is 35.5. The monoisotopic (exact) mass is 1570 g/mol. The molecular formula is C68H76Cl2F3N9O26. The van der Waals surface area contributed by atoms with E-state index in [9.17, 15) is 84.8 Å². The number of nitrogens with one attached hydrogen (secondary N) is 7. The van der Waals surface area contributed by atoms with Gasteiger partial charge in [-0.3, -0.25) is 33.6 Å². The average molecular weight is 1580 g/mol. The van der Waals surface area contributed by atoms with E-state index in [0.29, 0.717) is 6.07 Å². The lowest BCUT2D eigenvalue weighted by atomic mass is 9.86. The number of amides is 7. The van der Waals surface area contributed by atoms with Crippen molar-refractivity contribution >= 4 is 76.5 Å². The number of hydrogen-bond donors (Lipinski definition) is 20. The van der Waals surface area contributed by atoms with Crippen molar-refractivity contribution < 1.29 is 157 Å². The second-order valence-corrected chi connectivity index (χ2v) is 25.9. The van der Waals surface area contributed by atoms with E-state index in [0.717, 1.165) is 72.8 Å². The number of likely N-dealkylation sites (N-methyl/N-ethyl adjacent to an activating group) is 1. The molecule has 108 heavy (non-hydrogen) atoms. The van der Waals surface area contributed by atoms with Gasteiger partial charge in [0.2, 0.25) is 53.4 Å². The molecule has 5 aromatic carbocycles. The summed E-state index contributed by atoms with van der Waals surface area (Å²) in [7, 11) is 0. The van der Waals surface area contributed by atoms with Gasteiger partial charge >= 0.3 is 18.1 Å². The van der Waals surface area contributed by atoms with Crippen LogP contribution >= 0.6 is 23.2 Å². The molecule has 22 N–H and O–H groups in total. The third kappa shape index (κ3) is 18.3. The molecule has 12 rings (SSSR count). The van der Waals surface area contributed by atoms with Gasteiger partial charge in [-0.2, -0.15) is 13.2 Å². The number of carbonyl (C=O) groups is 9. The van der Waals surface area contributed by atoms with Gasteiger partial charge in [0.1, 0.15) is 89.5 Å². The molecule has 35 nitrogen and oxygen atoms in total. The van der Waals surface area contributed by atoms with Crippen LogP contribution in [0.5, 0.6) is 46.0 Å². The van der Waals surface area contributed by atoms with Crippen molar-refractivity contribution in [3.05, 3.63) is 117 Å². The lowest BCUT2D eigenvalue weighted by molar-refractivity contribution is -0.333. The second kappa shape index (κ2) is 33.3. The van der Waals surface area contributed by atoms with Gasteiger partial charge < -0.3 is 133 Å². The van der Waals surface area contributed by atoms with E-state index in [-0.39, 0.29) is 12.0 Å². The van der Waals surface area contributed by atoms with Gasteiger partial charge in [-0.15, -0.1) is 0 Å². The third-order valence-corrected chi connectivity index (χ3v) is 17.8. The summed E-state index contributed by atoms with van der Waals surface area (Å²) in [6.07, 6.45) is -30.4. The predicted molar refractivity (Wildman–Crippen MR) is 363 cm³/mol. The molecule has 7 amide bonds. The number of aliphatic hydroxyl groups excluding tert-OH is 6. The van der Waals surface area contributed by atoms with E-state index in [2.05, 4.69) is 21.3 Å². The summed E-state index contributed by atoms with van der Waals surface area (Å²) in [6, 6.07) is -7.97. The highest BCUT2D eigenvalue weighted by molar-refractivity contribution is 6.32. The smallest absolute Gasteiger partial charge is 0.490 e. The summed E-state index contributed by atoms with van der Waals surface area (Å²) in [4.78, 5) is 128. The van der Waals surface area contributed by atoms with Crippen LogP contribution in [0.15, 0.2) is 78.9 Å². The summed E-state index contributed by atoms with van der Waals surface area (Å²) >= 11 is 14.0. The number of benzene rings is 5. The first-order chi connectivity index (χ1) is 55.4. The number of aliphatic carboxylic acids is 2. The summed E-state index contributed by atoms with van der Waals surface area (Å²) in [6.45, 7) is -9.46. The molecule has 3 unspecified atom stereocenters. The molecule has 0 saturated carbocycles. The molecule has 7 aliphatic heterocycles. The van der Waals surface area contributed by atoms with Crippen LogP contribution in [0.1, 0.15) is 121 Å². The molecule has 0 spiro atoms. The van der Waals surface area contributed by atoms with Gasteiger partial charge in [0.25, 0.3) is 0 Å². The van der Waals surface area contributed by atoms with Gasteiger partial charge in [-0.25, -0.2) is 9.59 Å². The number of phenols is 3. The number of carboxylic acids is 2. The highest BCUT2D eigenvalue weighted by Crippen LogP contribution is 2.50. The van der Waals surface area contributed by atoms with E-state index >= 15 is 19.2 Å². The lowest BCUT2D eigenvalue weighted by Gasteiger charge is -2.47. The zero-order valence-electron chi connectivity index (χ0n) is 67.5. The van der Waals surface area contributed by atoms with Gasteiger partial charge in [0.05, 0.1) is 42.7 Å². The van der Waals surface area contributed by atoms with Gasteiger partial charge in [0, 0.05) is 49.8 Å². The first-order valence-corrected chi connectivity index (χ1v) is 32.4. The SMILES string of the molecule is O=C(O)C(F)(F)F.[2H]C([2H])C([2H])(C([2H])([2H])[2H])C([2H])([2H])C([2H])(NC([2H])([2H])[2H])C(=O)N[C@H]1C(=O)N[C@@H](CC(N)=O)C(=O)N[C@H]2C(=O)N[C@H]3C(=O)N[C@H](C(=O)NC(C(=O)O)c4cc(O)cc(O)c4-c4cc3ccc4O)[C@H](O)c3ccc(c(Cl)c3)Oc3cc2cc(c3O[C@@H]2O[C@H](CO)[C@@H](O)[C@H](O)[C@H]2O[C@H]2C[C@](C)(N)[C@H](O)[C@H](C)O2)Oc2ccc(cc2Cl)[C@H]1O. The van der Waals surface area contributed by atoms with Crippen LogP contribution in [0.2, 0.25) is 10.0 Å². The van der Waals surface area contributed by atoms with Gasteiger partial charge in [0.15, 0.2) is 29.9 Å². The largest absolute Gasteiger partial charge is 0.508 e. The average Bonchev–Trinajstić information content (AvgIpc) is 0.710. The molecular weight excluding hydrogens is 1490 g/mol. The first kappa shape index (κ1) is 66.3. The summed E-state index contributed by atoms with van der Waals surface area (Å²) in [5.41, 5.74) is 6.70. The van der Waals surface area contributed by atoms with Crippen LogP contribution in [-0.4, -0.2) is 208 Å². The Morgan fingerprint density at radius 2 is 1.36 bits per heavy atom. The van der Waals surface area contributed by atoms with Gasteiger partial charge in [-0.1, -0.05) is 55.1 Å². The Bertz CT molecular complexity index is 4840. The Morgan fingerprint density at radius 3 is 1.93 bits per heavy atom. The second-order valence-electron chi connectivity index (χ2n) is 25.0. The zero-order valence-corrected chi connectivity index (χ0v) is 57.0. The number of carboxylic acid groups (broad SMARTS) is 2. The number of alkyl halides is 3. The molecule has 19 atom stereocenters. The van der Waals surface area contributed by atoms with Gasteiger partial charge in [-0.05, 0) is 110 Å². The number of hydrogen-bond acceptors (Lipinski definition) is 26. The topological polar surface area (TPSA) is 568 Å². The third-order valence-electron chi connectivity index (χ3n) is 17.2. The molecule has 11 bridgehead atoms.